The van der Waals surface area contributed by atoms with Crippen molar-refractivity contribution in [3.8, 4) is 11.8 Å². The Hall–Kier alpha value is -3.91. The highest BCUT2D eigenvalue weighted by Gasteiger charge is 2.23. The molecule has 4 rings (SSSR count). The second-order valence-electron chi connectivity index (χ2n) is 6.96. The first-order valence-corrected chi connectivity index (χ1v) is 9.55. The number of nitrogens with one attached hydrogen (secondary N) is 1. The molecule has 31 heavy (non-hydrogen) atoms. The van der Waals surface area contributed by atoms with E-state index in [1.54, 1.807) is 29.2 Å². The van der Waals surface area contributed by atoms with E-state index in [-0.39, 0.29) is 6.03 Å². The summed E-state index contributed by atoms with van der Waals surface area (Å²) in [6.45, 7) is 2.51. The van der Waals surface area contributed by atoms with Crippen molar-refractivity contribution in [3.63, 3.8) is 0 Å². The van der Waals surface area contributed by atoms with Gasteiger partial charge in [0.2, 0.25) is 0 Å². The number of hydrogen-bond acceptors (Lipinski definition) is 6. The molecule has 0 spiro atoms. The molecule has 3 aromatic rings. The van der Waals surface area contributed by atoms with Gasteiger partial charge in [-0.15, -0.1) is 5.10 Å². The molecule has 158 valence electrons. The molecule has 1 aliphatic rings. The monoisotopic (exact) mass is 424 g/mol. The lowest BCUT2D eigenvalue weighted by Crippen LogP contribution is -2.49. The van der Waals surface area contributed by atoms with Crippen LogP contribution in [-0.4, -0.2) is 62.2 Å². The fourth-order valence-electron chi connectivity index (χ4n) is 3.31. The molecule has 1 aliphatic heterocycles. The summed E-state index contributed by atoms with van der Waals surface area (Å²) >= 11 is 0. The molecule has 0 saturated carbocycles. The van der Waals surface area contributed by atoms with Gasteiger partial charge in [0.15, 0.2) is 17.5 Å². The van der Waals surface area contributed by atoms with Crippen LogP contribution < -0.4 is 5.32 Å². The number of tetrazole rings is 1. The molecular weight excluding hydrogens is 406 g/mol. The summed E-state index contributed by atoms with van der Waals surface area (Å²) in [4.78, 5) is 16.3. The quantitative estimate of drug-likeness (QED) is 0.689. The minimum atomic E-state index is -0.975. The Bertz CT molecular complexity index is 1130. The molecule has 11 heteroatoms. The lowest BCUT2D eigenvalue weighted by atomic mass is 10.2. The zero-order valence-electron chi connectivity index (χ0n) is 16.4. The fourth-order valence-corrected chi connectivity index (χ4v) is 3.31. The molecule has 1 fully saturated rings. The van der Waals surface area contributed by atoms with Crippen molar-refractivity contribution in [2.75, 3.05) is 31.5 Å². The summed E-state index contributed by atoms with van der Waals surface area (Å²) < 4.78 is 28.1. The van der Waals surface area contributed by atoms with E-state index in [4.69, 9.17) is 5.26 Å². The number of piperazine rings is 1. The third-order valence-electron chi connectivity index (χ3n) is 5.00. The van der Waals surface area contributed by atoms with Gasteiger partial charge in [-0.2, -0.15) is 9.94 Å². The van der Waals surface area contributed by atoms with E-state index in [0.29, 0.717) is 55.5 Å². The first-order valence-electron chi connectivity index (χ1n) is 9.55. The Morgan fingerprint density at radius 2 is 1.87 bits per heavy atom. The molecule has 9 nitrogen and oxygen atoms in total. The summed E-state index contributed by atoms with van der Waals surface area (Å²) in [6.07, 6.45) is 0. The van der Waals surface area contributed by atoms with E-state index in [9.17, 15) is 13.6 Å². The number of halogens is 2. The molecule has 1 aromatic heterocycles. The molecule has 0 atom stereocenters. The maximum absolute atomic E-state index is 13.6. The van der Waals surface area contributed by atoms with Crippen LogP contribution in [0.5, 0.6) is 0 Å². The average Bonchev–Trinajstić information content (AvgIpc) is 3.24. The Morgan fingerprint density at radius 1 is 1.10 bits per heavy atom. The van der Waals surface area contributed by atoms with E-state index >= 15 is 0 Å². The predicted molar refractivity (Wildman–Crippen MR) is 106 cm³/mol. The van der Waals surface area contributed by atoms with Crippen LogP contribution in [0.25, 0.3) is 5.69 Å². The van der Waals surface area contributed by atoms with Gasteiger partial charge in [-0.05, 0) is 34.7 Å². The van der Waals surface area contributed by atoms with Crippen LogP contribution in [0, 0.1) is 23.0 Å². The van der Waals surface area contributed by atoms with Crippen molar-refractivity contribution < 1.29 is 13.6 Å². The standard InChI is InChI=1S/C20H18F2N8O/c21-16-6-5-15(11-17(16)22)30-19(25-26-27-30)13-28-7-9-29(10-8-28)20(31)24-18-4-2-1-3-14(18)12-23/h1-6,11H,7-10,13H2,(H,24,31). The topological polar surface area (TPSA) is 103 Å². The number of aromatic nitrogens is 4. The summed E-state index contributed by atoms with van der Waals surface area (Å²) in [7, 11) is 0. The van der Waals surface area contributed by atoms with Crippen LogP contribution in [0.15, 0.2) is 42.5 Å². The molecule has 2 heterocycles. The Balaban J connectivity index is 1.36. The number of urea groups is 1. The second kappa shape index (κ2) is 8.85. The van der Waals surface area contributed by atoms with E-state index in [0.717, 1.165) is 12.1 Å². The largest absolute Gasteiger partial charge is 0.322 e. The van der Waals surface area contributed by atoms with Gasteiger partial charge in [0.1, 0.15) is 6.07 Å². The maximum Gasteiger partial charge on any atom is 0.321 e. The van der Waals surface area contributed by atoms with E-state index in [2.05, 4.69) is 31.8 Å². The van der Waals surface area contributed by atoms with Crippen molar-refractivity contribution in [1.82, 2.24) is 30.0 Å². The Morgan fingerprint density at radius 3 is 2.61 bits per heavy atom. The number of hydrogen-bond donors (Lipinski definition) is 1. The highest BCUT2D eigenvalue weighted by Crippen LogP contribution is 2.17. The van der Waals surface area contributed by atoms with E-state index < -0.39 is 11.6 Å². The number of rotatable bonds is 4. The minimum absolute atomic E-state index is 0.269. The Labute approximate surface area is 176 Å². The van der Waals surface area contributed by atoms with Gasteiger partial charge in [-0.1, -0.05) is 12.1 Å². The molecule has 0 unspecified atom stereocenters. The molecule has 0 aliphatic carbocycles. The smallest absolute Gasteiger partial charge is 0.321 e. The highest BCUT2D eigenvalue weighted by atomic mass is 19.2. The number of carbonyl (C=O) groups excluding carboxylic acids is 1. The third kappa shape index (κ3) is 4.49. The molecule has 1 N–H and O–H groups in total. The van der Waals surface area contributed by atoms with Crippen LogP contribution in [0.1, 0.15) is 11.4 Å². The van der Waals surface area contributed by atoms with Gasteiger partial charge >= 0.3 is 6.03 Å². The van der Waals surface area contributed by atoms with Gasteiger partial charge in [0.05, 0.1) is 23.5 Å². The second-order valence-corrected chi connectivity index (χ2v) is 6.96. The summed E-state index contributed by atoms with van der Waals surface area (Å²) in [5, 5.41) is 23.4. The maximum atomic E-state index is 13.6. The molecule has 2 amide bonds. The Kier molecular flexibility index (Phi) is 5.81. The van der Waals surface area contributed by atoms with Gasteiger partial charge < -0.3 is 10.2 Å². The number of anilines is 1. The number of para-hydroxylation sites is 1. The lowest BCUT2D eigenvalue weighted by molar-refractivity contribution is 0.140. The number of carbonyl (C=O) groups is 1. The van der Waals surface area contributed by atoms with Gasteiger partial charge in [-0.25, -0.2) is 13.6 Å². The van der Waals surface area contributed by atoms with E-state index in [1.165, 1.54) is 10.7 Å². The number of amides is 2. The summed E-state index contributed by atoms with van der Waals surface area (Å²) in [5.74, 6) is -1.44. The minimum Gasteiger partial charge on any atom is -0.322 e. The summed E-state index contributed by atoms with van der Waals surface area (Å²) in [5.41, 5.74) is 1.20. The van der Waals surface area contributed by atoms with Crippen molar-refractivity contribution in [1.29, 1.82) is 5.26 Å². The van der Waals surface area contributed by atoms with Gasteiger partial charge in [-0.3, -0.25) is 4.90 Å². The van der Waals surface area contributed by atoms with Crippen LogP contribution in [-0.2, 0) is 6.54 Å². The number of benzene rings is 2. The molecule has 1 saturated heterocycles. The zero-order chi connectivity index (χ0) is 21.8. The van der Waals surface area contributed by atoms with Crippen LogP contribution in [0.3, 0.4) is 0 Å². The van der Waals surface area contributed by atoms with Gasteiger partial charge in [0, 0.05) is 32.2 Å². The van der Waals surface area contributed by atoms with Crippen molar-refractivity contribution in [2.45, 2.75) is 6.54 Å². The summed E-state index contributed by atoms with van der Waals surface area (Å²) in [6, 6.07) is 12.1. The average molecular weight is 424 g/mol. The molecule has 2 aromatic carbocycles. The van der Waals surface area contributed by atoms with Crippen molar-refractivity contribution >= 4 is 11.7 Å². The number of nitrogens with zero attached hydrogens (tertiary/aromatic N) is 7. The van der Waals surface area contributed by atoms with Gasteiger partial charge in [0.25, 0.3) is 0 Å². The van der Waals surface area contributed by atoms with Crippen LogP contribution in [0.2, 0.25) is 0 Å². The molecular formula is C20H18F2N8O. The van der Waals surface area contributed by atoms with E-state index in [1.807, 2.05) is 0 Å². The van der Waals surface area contributed by atoms with Crippen LogP contribution >= 0.6 is 0 Å². The third-order valence-corrected chi connectivity index (χ3v) is 5.00. The zero-order valence-corrected chi connectivity index (χ0v) is 16.4. The number of nitriles is 1. The predicted octanol–water partition coefficient (Wildman–Crippen LogP) is 2.16. The molecule has 0 bridgehead atoms. The molecule has 0 radical (unpaired) electrons. The highest BCUT2D eigenvalue weighted by molar-refractivity contribution is 5.90. The fraction of sp³-hybridized carbons (Fsp3) is 0.250. The van der Waals surface area contributed by atoms with Crippen molar-refractivity contribution in [3.05, 3.63) is 65.5 Å². The first kappa shape index (κ1) is 20.4. The van der Waals surface area contributed by atoms with Crippen molar-refractivity contribution in [2.24, 2.45) is 0 Å². The SMILES string of the molecule is N#Cc1ccccc1NC(=O)N1CCN(Cc2nnnn2-c2ccc(F)c(F)c2)CC1. The lowest BCUT2D eigenvalue weighted by Gasteiger charge is -2.34. The normalized spacial score (nSPS) is 14.3. The van der Waals surface area contributed by atoms with Crippen LogP contribution in [0.4, 0.5) is 19.3 Å². The first-order chi connectivity index (χ1) is 15.0.